The maximum absolute atomic E-state index is 11.2. The summed E-state index contributed by atoms with van der Waals surface area (Å²) in [6.45, 7) is 0. The molecule has 14 heavy (non-hydrogen) atoms. The maximum atomic E-state index is 11.2. The number of hydrogen-bond donors (Lipinski definition) is 0. The first-order valence-electron chi connectivity index (χ1n) is 4.08. The van der Waals surface area contributed by atoms with Crippen molar-refractivity contribution in [2.24, 2.45) is 0 Å². The van der Waals surface area contributed by atoms with Crippen LogP contribution in [0.5, 0.6) is 0 Å². The Morgan fingerprint density at radius 2 is 2.14 bits per heavy atom. The molecule has 1 rings (SSSR count). The monoisotopic (exact) mass is 386 g/mol. The highest BCUT2D eigenvalue weighted by atomic mass is 127. The van der Waals surface area contributed by atoms with E-state index >= 15 is 0 Å². The van der Waals surface area contributed by atoms with Crippen LogP contribution >= 0.6 is 50.1 Å². The molecule has 0 spiro atoms. The lowest BCUT2D eigenvalue weighted by atomic mass is 10.0. The van der Waals surface area contributed by atoms with Crippen molar-refractivity contribution in [3.63, 3.8) is 0 Å². The normalized spacial score (nSPS) is 10.2. The molecular weight excluding hydrogens is 378 g/mol. The van der Waals surface area contributed by atoms with E-state index in [4.69, 9.17) is 11.6 Å². The molecule has 1 aromatic carbocycles. The van der Waals surface area contributed by atoms with Gasteiger partial charge in [0, 0.05) is 15.3 Å². The third-order valence-corrected chi connectivity index (χ3v) is 3.42. The molecule has 0 saturated carbocycles. The van der Waals surface area contributed by atoms with Crippen molar-refractivity contribution in [1.29, 1.82) is 0 Å². The number of Topliss-reactive ketones (excluding diaryl/α,β-unsaturated/α-hetero) is 1. The van der Waals surface area contributed by atoms with Crippen LogP contribution in [0.2, 0.25) is 0 Å². The van der Waals surface area contributed by atoms with Crippen LogP contribution in [0, 0.1) is 3.57 Å². The fourth-order valence-corrected chi connectivity index (χ4v) is 2.35. The summed E-state index contributed by atoms with van der Waals surface area (Å²) >= 11 is 11.1. The molecule has 0 aliphatic heterocycles. The summed E-state index contributed by atoms with van der Waals surface area (Å²) in [5, 5.41) is 0.773. The predicted octanol–water partition coefficient (Wildman–Crippen LogP) is 3.54. The third kappa shape index (κ3) is 3.51. The number of ketones is 1. The molecule has 0 aliphatic rings. The first-order valence-corrected chi connectivity index (χ1v) is 6.81. The third-order valence-electron chi connectivity index (χ3n) is 1.85. The van der Waals surface area contributed by atoms with Gasteiger partial charge in [-0.3, -0.25) is 4.79 Å². The van der Waals surface area contributed by atoms with E-state index < -0.39 is 0 Å². The SMILES string of the molecule is O=C(CCl)Cc1cc(I)ccc1CBr. The topological polar surface area (TPSA) is 17.1 Å². The Labute approximate surface area is 110 Å². The minimum Gasteiger partial charge on any atom is -0.298 e. The van der Waals surface area contributed by atoms with Crippen molar-refractivity contribution in [1.82, 2.24) is 0 Å². The lowest BCUT2D eigenvalue weighted by molar-refractivity contribution is -0.116. The van der Waals surface area contributed by atoms with Gasteiger partial charge in [0.1, 0.15) is 0 Å². The van der Waals surface area contributed by atoms with Crippen LogP contribution in [-0.2, 0) is 16.5 Å². The number of rotatable bonds is 4. The molecule has 1 nitrogen and oxygen atoms in total. The van der Waals surface area contributed by atoms with E-state index in [-0.39, 0.29) is 11.7 Å². The molecule has 0 aromatic heterocycles. The average Bonchev–Trinajstić information content (AvgIpc) is 2.18. The van der Waals surface area contributed by atoms with E-state index in [1.165, 1.54) is 0 Å². The number of hydrogen-bond acceptors (Lipinski definition) is 1. The summed E-state index contributed by atoms with van der Waals surface area (Å²) in [6, 6.07) is 6.10. The molecule has 0 unspecified atom stereocenters. The lowest BCUT2D eigenvalue weighted by Crippen LogP contribution is -2.06. The van der Waals surface area contributed by atoms with Gasteiger partial charge in [0.05, 0.1) is 5.88 Å². The Balaban J connectivity index is 2.93. The van der Waals surface area contributed by atoms with E-state index in [2.05, 4.69) is 38.5 Å². The molecule has 76 valence electrons. The van der Waals surface area contributed by atoms with Crippen LogP contribution in [0.3, 0.4) is 0 Å². The zero-order valence-corrected chi connectivity index (χ0v) is 11.9. The zero-order chi connectivity index (χ0) is 10.6. The van der Waals surface area contributed by atoms with Gasteiger partial charge in [-0.1, -0.05) is 22.0 Å². The second kappa shape index (κ2) is 6.08. The zero-order valence-electron chi connectivity index (χ0n) is 7.40. The molecular formula is C10H9BrClIO. The van der Waals surface area contributed by atoms with Gasteiger partial charge in [-0.05, 0) is 45.9 Å². The van der Waals surface area contributed by atoms with Crippen LogP contribution < -0.4 is 0 Å². The fourth-order valence-electron chi connectivity index (χ4n) is 1.15. The summed E-state index contributed by atoms with van der Waals surface area (Å²) in [4.78, 5) is 11.2. The van der Waals surface area contributed by atoms with E-state index in [1.54, 1.807) is 0 Å². The standard InChI is InChI=1S/C10H9BrClIO/c11-5-7-1-2-9(13)3-8(7)4-10(14)6-12/h1-3H,4-6H2. The molecule has 0 saturated heterocycles. The van der Waals surface area contributed by atoms with Gasteiger partial charge in [-0.15, -0.1) is 11.6 Å². The second-order valence-corrected chi connectivity index (χ2v) is 4.97. The number of alkyl halides is 2. The largest absolute Gasteiger partial charge is 0.298 e. The molecule has 0 amide bonds. The molecule has 0 bridgehead atoms. The summed E-state index contributed by atoms with van der Waals surface area (Å²) in [7, 11) is 0. The second-order valence-electron chi connectivity index (χ2n) is 2.90. The maximum Gasteiger partial charge on any atom is 0.151 e. The number of halogens is 3. The highest BCUT2D eigenvalue weighted by Crippen LogP contribution is 2.17. The van der Waals surface area contributed by atoms with Gasteiger partial charge >= 0.3 is 0 Å². The quantitative estimate of drug-likeness (QED) is 0.571. The molecule has 0 N–H and O–H groups in total. The van der Waals surface area contributed by atoms with E-state index in [1.807, 2.05) is 18.2 Å². The fraction of sp³-hybridized carbons (Fsp3) is 0.300. The smallest absolute Gasteiger partial charge is 0.151 e. The predicted molar refractivity (Wildman–Crippen MR) is 71.2 cm³/mol. The van der Waals surface area contributed by atoms with Crippen molar-refractivity contribution < 1.29 is 4.79 Å². The Kier molecular flexibility index (Phi) is 5.41. The lowest BCUT2D eigenvalue weighted by Gasteiger charge is -2.06. The molecule has 0 heterocycles. The van der Waals surface area contributed by atoms with Gasteiger partial charge in [0.15, 0.2) is 5.78 Å². The minimum absolute atomic E-state index is 0.0656. The van der Waals surface area contributed by atoms with Gasteiger partial charge in [0.2, 0.25) is 0 Å². The van der Waals surface area contributed by atoms with Crippen molar-refractivity contribution in [3.05, 3.63) is 32.9 Å². The van der Waals surface area contributed by atoms with Gasteiger partial charge in [0.25, 0.3) is 0 Å². The molecule has 0 atom stereocenters. The molecule has 4 heteroatoms. The molecule has 0 fully saturated rings. The van der Waals surface area contributed by atoms with Crippen LogP contribution in [-0.4, -0.2) is 11.7 Å². The van der Waals surface area contributed by atoms with E-state index in [0.717, 1.165) is 20.0 Å². The Morgan fingerprint density at radius 1 is 1.43 bits per heavy atom. The number of carbonyl (C=O) groups is 1. The van der Waals surface area contributed by atoms with Crippen LogP contribution in [0.4, 0.5) is 0 Å². The Hall–Kier alpha value is 0.390. The van der Waals surface area contributed by atoms with Gasteiger partial charge in [-0.25, -0.2) is 0 Å². The van der Waals surface area contributed by atoms with Gasteiger partial charge in [-0.2, -0.15) is 0 Å². The van der Waals surface area contributed by atoms with Crippen LogP contribution in [0.1, 0.15) is 11.1 Å². The average molecular weight is 387 g/mol. The Morgan fingerprint density at radius 3 is 2.71 bits per heavy atom. The molecule has 0 radical (unpaired) electrons. The molecule has 0 aliphatic carbocycles. The molecule has 1 aromatic rings. The van der Waals surface area contributed by atoms with Crippen molar-refractivity contribution in [2.75, 3.05) is 5.88 Å². The number of benzene rings is 1. The first-order chi connectivity index (χ1) is 6.67. The van der Waals surface area contributed by atoms with Crippen molar-refractivity contribution in [3.8, 4) is 0 Å². The van der Waals surface area contributed by atoms with Gasteiger partial charge < -0.3 is 0 Å². The highest BCUT2D eigenvalue weighted by Gasteiger charge is 2.07. The minimum atomic E-state index is 0.0656. The Bertz CT molecular complexity index is 341. The van der Waals surface area contributed by atoms with Crippen LogP contribution in [0.15, 0.2) is 18.2 Å². The summed E-state index contributed by atoms with van der Waals surface area (Å²) in [5.41, 5.74) is 2.23. The van der Waals surface area contributed by atoms with Crippen molar-refractivity contribution in [2.45, 2.75) is 11.8 Å². The van der Waals surface area contributed by atoms with E-state index in [0.29, 0.717) is 6.42 Å². The van der Waals surface area contributed by atoms with Crippen molar-refractivity contribution >= 4 is 55.9 Å². The van der Waals surface area contributed by atoms with E-state index in [9.17, 15) is 4.79 Å². The summed E-state index contributed by atoms with van der Waals surface area (Å²) < 4.78 is 1.14. The summed E-state index contributed by atoms with van der Waals surface area (Å²) in [6.07, 6.45) is 0.432. The summed E-state index contributed by atoms with van der Waals surface area (Å²) in [5.74, 6) is 0.156. The van der Waals surface area contributed by atoms with Crippen LogP contribution in [0.25, 0.3) is 0 Å². The highest BCUT2D eigenvalue weighted by molar-refractivity contribution is 14.1. The first kappa shape index (κ1) is 12.5. The number of carbonyl (C=O) groups excluding carboxylic acids is 1.